The molecular weight excluding hydrogens is 296 g/mol. The van der Waals surface area contributed by atoms with Crippen LogP contribution in [0.5, 0.6) is 0 Å². The molecule has 1 aliphatic carbocycles. The average Bonchev–Trinajstić information content (AvgIpc) is 3.09. The molecule has 2 fully saturated rings. The van der Waals surface area contributed by atoms with Gasteiger partial charge in [0.1, 0.15) is 6.10 Å². The van der Waals surface area contributed by atoms with Crippen molar-refractivity contribution in [3.63, 3.8) is 0 Å². The van der Waals surface area contributed by atoms with Crippen molar-refractivity contribution in [2.24, 2.45) is 0 Å². The second-order valence-electron chi connectivity index (χ2n) is 6.60. The molecular formula is C14H22N8O. The maximum absolute atomic E-state index is 5.86. The maximum Gasteiger partial charge on any atom is 0.165 e. The molecule has 2 aliphatic rings. The Kier molecular flexibility index (Phi) is 3.82. The molecule has 1 atom stereocenters. The van der Waals surface area contributed by atoms with E-state index in [0.717, 1.165) is 37.1 Å². The average molecular weight is 318 g/mol. The third-order valence-corrected chi connectivity index (χ3v) is 4.31. The number of nitrogens with zero attached hydrogens (tertiary/aromatic N) is 7. The lowest BCUT2D eigenvalue weighted by atomic mass is 10.2. The van der Waals surface area contributed by atoms with E-state index in [2.05, 4.69) is 49.5 Å². The largest absolute Gasteiger partial charge is 0.368 e. The number of H-pyrrole nitrogens is 1. The fourth-order valence-electron chi connectivity index (χ4n) is 2.82. The molecule has 9 nitrogen and oxygen atoms in total. The van der Waals surface area contributed by atoms with Gasteiger partial charge in [-0.2, -0.15) is 5.10 Å². The van der Waals surface area contributed by atoms with Crippen LogP contribution in [0.3, 0.4) is 0 Å². The van der Waals surface area contributed by atoms with Crippen molar-refractivity contribution in [2.45, 2.75) is 51.3 Å². The lowest BCUT2D eigenvalue weighted by Crippen LogP contribution is -2.38. The molecule has 0 radical (unpaired) electrons. The second-order valence-corrected chi connectivity index (χ2v) is 6.60. The van der Waals surface area contributed by atoms with Gasteiger partial charge in [-0.1, -0.05) is 13.8 Å². The number of hydrogen-bond acceptors (Lipinski definition) is 7. The summed E-state index contributed by atoms with van der Waals surface area (Å²) in [4.78, 5) is 6.87. The van der Waals surface area contributed by atoms with E-state index in [1.54, 1.807) is 0 Å². The third-order valence-electron chi connectivity index (χ3n) is 4.31. The van der Waals surface area contributed by atoms with E-state index in [1.165, 1.54) is 12.8 Å². The summed E-state index contributed by atoms with van der Waals surface area (Å²) in [5.74, 6) is 2.88. The maximum atomic E-state index is 5.86. The van der Waals surface area contributed by atoms with Crippen LogP contribution < -0.4 is 0 Å². The molecule has 23 heavy (non-hydrogen) atoms. The predicted octanol–water partition coefficient (Wildman–Crippen LogP) is 0.823. The Hall–Kier alpha value is -1.87. The van der Waals surface area contributed by atoms with Crippen molar-refractivity contribution in [1.29, 1.82) is 0 Å². The fraction of sp³-hybridized carbons (Fsp3) is 0.786. The number of hydrogen-bond donors (Lipinski definition) is 1. The number of ether oxygens (including phenoxy) is 1. The van der Waals surface area contributed by atoms with Gasteiger partial charge in [-0.3, -0.25) is 10.00 Å². The Balaban J connectivity index is 1.43. The lowest BCUT2D eigenvalue weighted by Gasteiger charge is -2.31. The standard InChI is InChI=1S/C14H22N8O/c1-9(2)13-15-14(18-17-13)11-7-21(5-6-23-11)8-12-16-19-20-22(12)10-3-4-10/h9-11H,3-8H2,1-2H3,(H,15,17,18)/t11-/m1/s1. The second kappa shape index (κ2) is 5.97. The minimum absolute atomic E-state index is 0.0750. The first-order valence-electron chi connectivity index (χ1n) is 8.23. The summed E-state index contributed by atoms with van der Waals surface area (Å²) < 4.78 is 7.83. The molecule has 0 spiro atoms. The number of nitrogens with one attached hydrogen (secondary N) is 1. The monoisotopic (exact) mass is 318 g/mol. The van der Waals surface area contributed by atoms with Crippen molar-refractivity contribution in [3.05, 3.63) is 17.5 Å². The quantitative estimate of drug-likeness (QED) is 0.871. The van der Waals surface area contributed by atoms with Crippen molar-refractivity contribution in [1.82, 2.24) is 40.3 Å². The van der Waals surface area contributed by atoms with E-state index in [0.29, 0.717) is 18.6 Å². The smallest absolute Gasteiger partial charge is 0.165 e. The molecule has 4 rings (SSSR count). The molecule has 2 aromatic rings. The van der Waals surface area contributed by atoms with Gasteiger partial charge in [0.2, 0.25) is 0 Å². The molecule has 2 aromatic heterocycles. The van der Waals surface area contributed by atoms with Crippen LogP contribution in [-0.4, -0.2) is 60.0 Å². The topological polar surface area (TPSA) is 97.6 Å². The van der Waals surface area contributed by atoms with Crippen LogP contribution in [0.1, 0.15) is 62.2 Å². The van der Waals surface area contributed by atoms with Crippen molar-refractivity contribution < 1.29 is 4.74 Å². The van der Waals surface area contributed by atoms with Gasteiger partial charge in [0.05, 0.1) is 19.2 Å². The summed E-state index contributed by atoms with van der Waals surface area (Å²) in [6.45, 7) is 7.22. The summed E-state index contributed by atoms with van der Waals surface area (Å²) in [5, 5.41) is 19.4. The van der Waals surface area contributed by atoms with Crippen molar-refractivity contribution >= 4 is 0 Å². The van der Waals surface area contributed by atoms with Gasteiger partial charge in [0.25, 0.3) is 0 Å². The SMILES string of the molecule is CC(C)c1n[nH]c([C@H]2CN(Cc3nnnn3C3CC3)CCO2)n1. The van der Waals surface area contributed by atoms with Gasteiger partial charge in [0, 0.05) is 19.0 Å². The minimum Gasteiger partial charge on any atom is -0.368 e. The molecule has 0 amide bonds. The molecule has 0 aromatic carbocycles. The van der Waals surface area contributed by atoms with E-state index in [9.17, 15) is 0 Å². The van der Waals surface area contributed by atoms with Gasteiger partial charge in [-0.25, -0.2) is 9.67 Å². The molecule has 0 bridgehead atoms. The van der Waals surface area contributed by atoms with Crippen molar-refractivity contribution in [2.75, 3.05) is 19.7 Å². The summed E-state index contributed by atoms with van der Waals surface area (Å²) in [7, 11) is 0. The summed E-state index contributed by atoms with van der Waals surface area (Å²) in [6, 6.07) is 0.500. The van der Waals surface area contributed by atoms with Crippen LogP contribution >= 0.6 is 0 Å². The van der Waals surface area contributed by atoms with Crippen LogP contribution in [0.15, 0.2) is 0 Å². The molecule has 3 heterocycles. The van der Waals surface area contributed by atoms with Crippen LogP contribution in [0.25, 0.3) is 0 Å². The van der Waals surface area contributed by atoms with Crippen LogP contribution in [0, 0.1) is 0 Å². The zero-order valence-electron chi connectivity index (χ0n) is 13.5. The first kappa shape index (κ1) is 14.7. The Morgan fingerprint density at radius 2 is 2.22 bits per heavy atom. The highest BCUT2D eigenvalue weighted by molar-refractivity contribution is 5.00. The van der Waals surface area contributed by atoms with Gasteiger partial charge < -0.3 is 4.74 Å². The van der Waals surface area contributed by atoms with E-state index in [4.69, 9.17) is 4.74 Å². The molecule has 124 valence electrons. The Labute approximate surface area is 134 Å². The van der Waals surface area contributed by atoms with E-state index < -0.39 is 0 Å². The molecule has 1 saturated carbocycles. The van der Waals surface area contributed by atoms with E-state index in [1.807, 2.05) is 4.68 Å². The summed E-state index contributed by atoms with van der Waals surface area (Å²) in [6.07, 6.45) is 2.29. The number of tetrazole rings is 1. The Morgan fingerprint density at radius 1 is 1.35 bits per heavy atom. The molecule has 1 aliphatic heterocycles. The first-order chi connectivity index (χ1) is 11.2. The third kappa shape index (κ3) is 3.11. The van der Waals surface area contributed by atoms with Gasteiger partial charge in [-0.15, -0.1) is 5.10 Å². The van der Waals surface area contributed by atoms with Gasteiger partial charge in [-0.05, 0) is 23.3 Å². The Bertz CT molecular complexity index is 661. The van der Waals surface area contributed by atoms with Crippen molar-refractivity contribution in [3.8, 4) is 0 Å². The molecule has 0 unspecified atom stereocenters. The zero-order valence-corrected chi connectivity index (χ0v) is 13.5. The molecule has 9 heteroatoms. The predicted molar refractivity (Wildman–Crippen MR) is 80.5 cm³/mol. The van der Waals surface area contributed by atoms with E-state index in [-0.39, 0.29) is 6.10 Å². The highest BCUT2D eigenvalue weighted by atomic mass is 16.5. The molecule has 1 saturated heterocycles. The minimum atomic E-state index is -0.0750. The highest BCUT2D eigenvalue weighted by Gasteiger charge is 2.30. The van der Waals surface area contributed by atoms with Gasteiger partial charge in [0.15, 0.2) is 17.5 Å². The summed E-state index contributed by atoms with van der Waals surface area (Å²) >= 11 is 0. The Morgan fingerprint density at radius 3 is 2.96 bits per heavy atom. The number of aromatic amines is 1. The normalized spacial score (nSPS) is 22.8. The van der Waals surface area contributed by atoms with E-state index >= 15 is 0 Å². The summed E-state index contributed by atoms with van der Waals surface area (Å²) in [5.41, 5.74) is 0. The highest BCUT2D eigenvalue weighted by Crippen LogP contribution is 2.34. The lowest BCUT2D eigenvalue weighted by molar-refractivity contribution is -0.0381. The van der Waals surface area contributed by atoms with Crippen LogP contribution in [0.4, 0.5) is 0 Å². The zero-order chi connectivity index (χ0) is 15.8. The number of rotatable bonds is 5. The molecule has 1 N–H and O–H groups in total. The first-order valence-corrected chi connectivity index (χ1v) is 8.23. The fourth-order valence-corrected chi connectivity index (χ4v) is 2.82. The van der Waals surface area contributed by atoms with Gasteiger partial charge >= 0.3 is 0 Å². The van der Waals surface area contributed by atoms with Crippen LogP contribution in [-0.2, 0) is 11.3 Å². The van der Waals surface area contributed by atoms with Crippen LogP contribution in [0.2, 0.25) is 0 Å². The number of morpholine rings is 1. The number of aromatic nitrogens is 7.